The molecule has 1 atom stereocenters. The number of urea groups is 1. The van der Waals surface area contributed by atoms with Gasteiger partial charge >= 0.3 is 6.03 Å². The lowest BCUT2D eigenvalue weighted by Crippen LogP contribution is -2.49. The van der Waals surface area contributed by atoms with Crippen molar-refractivity contribution < 1.29 is 23.2 Å². The number of aliphatic imine (C=N–C) groups is 1. The SMILES string of the molecule is NC(=O)NCc1ccc(CN(C(=O)C(c2ccc(F)cc2)c2ccc(F)cc2)[C@H](CCCN=C(N)N)C(N)=O)cc1. The van der Waals surface area contributed by atoms with Gasteiger partial charge in [0.1, 0.15) is 17.7 Å². The monoisotopic (exact) mass is 565 g/mol. The van der Waals surface area contributed by atoms with E-state index in [0.29, 0.717) is 23.1 Å². The van der Waals surface area contributed by atoms with Crippen molar-refractivity contribution in [2.75, 3.05) is 6.54 Å². The lowest BCUT2D eigenvalue weighted by molar-refractivity contribution is -0.141. The Morgan fingerprint density at radius 2 is 1.29 bits per heavy atom. The van der Waals surface area contributed by atoms with Crippen LogP contribution in [0.2, 0.25) is 0 Å². The Morgan fingerprint density at radius 1 is 0.780 bits per heavy atom. The van der Waals surface area contributed by atoms with Gasteiger partial charge in [0.2, 0.25) is 11.8 Å². The summed E-state index contributed by atoms with van der Waals surface area (Å²) >= 11 is 0. The molecule has 41 heavy (non-hydrogen) atoms. The first kappa shape index (κ1) is 30.5. The molecule has 0 heterocycles. The maximum atomic E-state index is 14.4. The third kappa shape index (κ3) is 9.02. The van der Waals surface area contributed by atoms with Gasteiger partial charge in [0.15, 0.2) is 5.96 Å². The number of carbonyl (C=O) groups is 3. The molecule has 0 saturated carbocycles. The molecule has 0 aliphatic heterocycles. The quantitative estimate of drug-likeness (QED) is 0.121. The van der Waals surface area contributed by atoms with Gasteiger partial charge in [0.05, 0.1) is 5.92 Å². The molecule has 0 aromatic heterocycles. The molecular formula is C29H33F2N7O3. The van der Waals surface area contributed by atoms with Gasteiger partial charge in [-0.1, -0.05) is 48.5 Å². The number of guanidine groups is 1. The first-order valence-corrected chi connectivity index (χ1v) is 12.8. The highest BCUT2D eigenvalue weighted by molar-refractivity contribution is 5.92. The average Bonchev–Trinajstić information content (AvgIpc) is 2.93. The standard InChI is InChI=1S/C29H33F2N7O3/c30-22-11-7-20(8-12-22)25(21-9-13-23(31)14-10-21)27(40)38(24(26(32)39)2-1-15-36-28(33)34)17-19-5-3-18(4-6-19)16-37-29(35)41/h3-14,24-25H,1-2,15-17H2,(H2,32,39)(H4,33,34,36)(H3,35,37,41)/t24-/m1/s1. The van der Waals surface area contributed by atoms with Crippen LogP contribution in [0.5, 0.6) is 0 Å². The number of primary amides is 2. The molecule has 0 radical (unpaired) electrons. The zero-order valence-electron chi connectivity index (χ0n) is 22.3. The van der Waals surface area contributed by atoms with Crippen LogP contribution in [0.4, 0.5) is 13.6 Å². The van der Waals surface area contributed by atoms with Gasteiger partial charge in [0.25, 0.3) is 0 Å². The first-order chi connectivity index (χ1) is 19.5. The number of nitrogens with one attached hydrogen (secondary N) is 1. The summed E-state index contributed by atoms with van der Waals surface area (Å²) in [5.41, 5.74) is 24.1. The summed E-state index contributed by atoms with van der Waals surface area (Å²) in [6.45, 7) is 0.427. The fourth-order valence-electron chi connectivity index (χ4n) is 4.39. The Bertz CT molecular complexity index is 1320. The normalized spacial score (nSPS) is 11.5. The van der Waals surface area contributed by atoms with Gasteiger partial charge in [-0.05, 0) is 59.4 Å². The van der Waals surface area contributed by atoms with Crippen LogP contribution in [0.3, 0.4) is 0 Å². The molecule has 3 aromatic rings. The van der Waals surface area contributed by atoms with Gasteiger partial charge in [-0.2, -0.15) is 0 Å². The number of hydrogen-bond acceptors (Lipinski definition) is 4. The molecule has 3 rings (SSSR count). The second-order valence-electron chi connectivity index (χ2n) is 9.40. The van der Waals surface area contributed by atoms with Gasteiger partial charge in [-0.25, -0.2) is 13.6 Å². The number of nitrogens with zero attached hydrogens (tertiary/aromatic N) is 2. The molecule has 0 unspecified atom stereocenters. The van der Waals surface area contributed by atoms with E-state index in [-0.39, 0.29) is 32.0 Å². The second-order valence-corrected chi connectivity index (χ2v) is 9.40. The third-order valence-electron chi connectivity index (χ3n) is 6.41. The number of rotatable bonds is 13. The lowest BCUT2D eigenvalue weighted by atomic mass is 9.89. The van der Waals surface area contributed by atoms with Gasteiger partial charge in [-0.15, -0.1) is 0 Å². The Morgan fingerprint density at radius 3 is 1.76 bits per heavy atom. The molecule has 0 fully saturated rings. The van der Waals surface area contributed by atoms with Crippen LogP contribution < -0.4 is 28.3 Å². The molecule has 0 saturated heterocycles. The predicted octanol–water partition coefficient (Wildman–Crippen LogP) is 2.20. The van der Waals surface area contributed by atoms with Crippen molar-refractivity contribution >= 4 is 23.8 Å². The van der Waals surface area contributed by atoms with Gasteiger partial charge in [-0.3, -0.25) is 14.6 Å². The minimum Gasteiger partial charge on any atom is -0.370 e. The van der Waals surface area contributed by atoms with Crippen molar-refractivity contribution in [1.29, 1.82) is 0 Å². The molecule has 0 bridgehead atoms. The number of halogens is 2. The van der Waals surface area contributed by atoms with Crippen LogP contribution in [0.25, 0.3) is 0 Å². The molecule has 0 spiro atoms. The van der Waals surface area contributed by atoms with Crippen LogP contribution in [-0.2, 0) is 22.7 Å². The summed E-state index contributed by atoms with van der Waals surface area (Å²) in [5, 5.41) is 2.50. The molecule has 4 amide bonds. The highest BCUT2D eigenvalue weighted by atomic mass is 19.1. The molecule has 216 valence electrons. The van der Waals surface area contributed by atoms with E-state index in [0.717, 1.165) is 5.56 Å². The zero-order valence-corrected chi connectivity index (χ0v) is 22.3. The van der Waals surface area contributed by atoms with Crippen molar-refractivity contribution in [1.82, 2.24) is 10.2 Å². The minimum absolute atomic E-state index is 0.00282. The third-order valence-corrected chi connectivity index (χ3v) is 6.41. The zero-order chi connectivity index (χ0) is 29.9. The Hall–Kier alpha value is -5.00. The lowest BCUT2D eigenvalue weighted by Gasteiger charge is -2.33. The van der Waals surface area contributed by atoms with Gasteiger partial charge < -0.3 is 33.2 Å². The summed E-state index contributed by atoms with van der Waals surface area (Å²) in [6.07, 6.45) is 0.517. The van der Waals surface area contributed by atoms with Crippen LogP contribution >= 0.6 is 0 Å². The number of benzene rings is 3. The highest BCUT2D eigenvalue weighted by Gasteiger charge is 2.34. The van der Waals surface area contributed by atoms with E-state index >= 15 is 0 Å². The van der Waals surface area contributed by atoms with Gasteiger partial charge in [0, 0.05) is 19.6 Å². The fraction of sp³-hybridized carbons (Fsp3) is 0.241. The van der Waals surface area contributed by atoms with Crippen molar-refractivity contribution in [2.45, 2.75) is 37.9 Å². The van der Waals surface area contributed by atoms with E-state index in [9.17, 15) is 23.2 Å². The van der Waals surface area contributed by atoms with Crippen molar-refractivity contribution in [2.24, 2.45) is 27.9 Å². The average molecular weight is 566 g/mol. The van der Waals surface area contributed by atoms with E-state index in [2.05, 4.69) is 10.3 Å². The summed E-state index contributed by atoms with van der Waals surface area (Å²) in [4.78, 5) is 43.4. The summed E-state index contributed by atoms with van der Waals surface area (Å²) in [5.74, 6) is -3.30. The van der Waals surface area contributed by atoms with E-state index < -0.39 is 41.4 Å². The minimum atomic E-state index is -1.05. The summed E-state index contributed by atoms with van der Waals surface area (Å²) in [7, 11) is 0. The summed E-state index contributed by atoms with van der Waals surface area (Å²) in [6, 6.07) is 16.1. The van der Waals surface area contributed by atoms with E-state index in [1.165, 1.54) is 53.4 Å². The van der Waals surface area contributed by atoms with Crippen LogP contribution in [0, 0.1) is 11.6 Å². The molecule has 12 heteroatoms. The second kappa shape index (κ2) is 14.4. The molecule has 0 aliphatic rings. The van der Waals surface area contributed by atoms with Crippen LogP contribution in [0.15, 0.2) is 77.8 Å². The topological polar surface area (TPSA) is 183 Å². The number of carbonyl (C=O) groups excluding carboxylic acids is 3. The van der Waals surface area contributed by atoms with Crippen molar-refractivity contribution in [3.05, 3.63) is 107 Å². The Labute approximate surface area is 236 Å². The molecule has 10 nitrogen and oxygen atoms in total. The Balaban J connectivity index is 2.02. The number of nitrogens with two attached hydrogens (primary N) is 4. The summed E-state index contributed by atoms with van der Waals surface area (Å²) < 4.78 is 27.6. The molecular weight excluding hydrogens is 532 g/mol. The van der Waals surface area contributed by atoms with Crippen LogP contribution in [0.1, 0.15) is 41.0 Å². The van der Waals surface area contributed by atoms with E-state index in [1.54, 1.807) is 24.3 Å². The number of amides is 4. The maximum absolute atomic E-state index is 14.4. The highest BCUT2D eigenvalue weighted by Crippen LogP contribution is 2.30. The molecule has 3 aromatic carbocycles. The van der Waals surface area contributed by atoms with Crippen molar-refractivity contribution in [3.63, 3.8) is 0 Å². The molecule has 9 N–H and O–H groups in total. The number of hydrogen-bond donors (Lipinski definition) is 5. The molecule has 0 aliphatic carbocycles. The maximum Gasteiger partial charge on any atom is 0.312 e. The van der Waals surface area contributed by atoms with E-state index in [4.69, 9.17) is 22.9 Å². The fourth-order valence-corrected chi connectivity index (χ4v) is 4.39. The smallest absolute Gasteiger partial charge is 0.312 e. The van der Waals surface area contributed by atoms with E-state index in [1.807, 2.05) is 0 Å². The Kier molecular flexibility index (Phi) is 10.7. The first-order valence-electron chi connectivity index (χ1n) is 12.8. The largest absolute Gasteiger partial charge is 0.370 e. The predicted molar refractivity (Wildman–Crippen MR) is 151 cm³/mol. The van der Waals surface area contributed by atoms with Crippen LogP contribution in [-0.4, -0.2) is 41.3 Å². The van der Waals surface area contributed by atoms with Crippen molar-refractivity contribution in [3.8, 4) is 0 Å².